The number of carbonyl (C=O) groups is 2. The van der Waals surface area contributed by atoms with Gasteiger partial charge in [0.15, 0.2) is 0 Å². The summed E-state index contributed by atoms with van der Waals surface area (Å²) in [7, 11) is -3.71. The molecule has 2 rings (SSSR count). The summed E-state index contributed by atoms with van der Waals surface area (Å²) in [5, 5.41) is 5.08. The molecule has 144 valence electrons. The Labute approximate surface area is 155 Å². The second kappa shape index (κ2) is 9.14. The molecule has 2 amide bonds. The quantitative estimate of drug-likeness (QED) is 0.798. The van der Waals surface area contributed by atoms with Crippen LogP contribution in [0.25, 0.3) is 0 Å². The van der Waals surface area contributed by atoms with Crippen LogP contribution >= 0.6 is 0 Å². The number of amides is 2. The Bertz CT molecular complexity index is 723. The van der Waals surface area contributed by atoms with Gasteiger partial charge in [-0.25, -0.2) is 13.6 Å². The average molecular weight is 381 g/mol. The lowest BCUT2D eigenvalue weighted by Crippen LogP contribution is -2.43. The fraction of sp³-hybridized carbons (Fsp3) is 0.556. The van der Waals surface area contributed by atoms with Crippen LogP contribution in [0.15, 0.2) is 29.2 Å². The van der Waals surface area contributed by atoms with Crippen molar-refractivity contribution >= 4 is 21.8 Å². The van der Waals surface area contributed by atoms with Gasteiger partial charge in [0.1, 0.15) is 0 Å². The third-order valence-electron chi connectivity index (χ3n) is 4.65. The first kappa shape index (κ1) is 20.4. The van der Waals surface area contributed by atoms with Crippen molar-refractivity contribution in [1.82, 2.24) is 9.80 Å². The van der Waals surface area contributed by atoms with Gasteiger partial charge in [-0.2, -0.15) is 0 Å². The maximum atomic E-state index is 12.5. The summed E-state index contributed by atoms with van der Waals surface area (Å²) in [6.07, 6.45) is 4.87. The van der Waals surface area contributed by atoms with Gasteiger partial charge in [0.2, 0.25) is 21.8 Å². The Morgan fingerprint density at radius 3 is 2.15 bits per heavy atom. The van der Waals surface area contributed by atoms with Gasteiger partial charge in [-0.15, -0.1) is 0 Å². The highest BCUT2D eigenvalue weighted by Gasteiger charge is 2.20. The largest absolute Gasteiger partial charge is 0.341 e. The number of nitrogens with two attached hydrogens (primary N) is 1. The number of rotatable bonds is 6. The first-order valence-corrected chi connectivity index (χ1v) is 10.5. The molecule has 1 aliphatic rings. The summed E-state index contributed by atoms with van der Waals surface area (Å²) in [6, 6.07) is 6.25. The van der Waals surface area contributed by atoms with Crippen molar-refractivity contribution in [3.8, 4) is 0 Å². The molecule has 1 saturated heterocycles. The summed E-state index contributed by atoms with van der Waals surface area (Å²) in [4.78, 5) is 27.8. The van der Waals surface area contributed by atoms with E-state index >= 15 is 0 Å². The molecule has 1 aliphatic heterocycles. The van der Waals surface area contributed by atoms with Gasteiger partial charge < -0.3 is 9.80 Å². The third-order valence-corrected chi connectivity index (χ3v) is 5.58. The van der Waals surface area contributed by atoms with Crippen molar-refractivity contribution in [3.05, 3.63) is 29.8 Å². The molecule has 0 aromatic heterocycles. The van der Waals surface area contributed by atoms with Gasteiger partial charge in [0.05, 0.1) is 11.4 Å². The fourth-order valence-electron chi connectivity index (χ4n) is 3.04. The van der Waals surface area contributed by atoms with Crippen LogP contribution in [0.5, 0.6) is 0 Å². The second-order valence-corrected chi connectivity index (χ2v) is 8.24. The molecular formula is C18H27N3O4S. The van der Waals surface area contributed by atoms with E-state index in [0.29, 0.717) is 13.0 Å². The summed E-state index contributed by atoms with van der Waals surface area (Å²) in [5.74, 6) is -0.152. The Balaban J connectivity index is 1.93. The zero-order valence-corrected chi connectivity index (χ0v) is 16.0. The number of nitrogens with zero attached hydrogens (tertiary/aromatic N) is 2. The van der Waals surface area contributed by atoms with E-state index in [1.165, 1.54) is 19.1 Å². The summed E-state index contributed by atoms with van der Waals surface area (Å²) >= 11 is 0. The van der Waals surface area contributed by atoms with E-state index in [1.807, 2.05) is 4.90 Å². The second-order valence-electron chi connectivity index (χ2n) is 6.67. The first-order chi connectivity index (χ1) is 12.3. The molecular weight excluding hydrogens is 354 g/mol. The molecule has 1 heterocycles. The molecule has 0 atom stereocenters. The SMILES string of the molecule is CC(=O)N(CCc1ccc(S(N)(=O)=O)cc1)CC(=O)N1CCCCCC1. The zero-order chi connectivity index (χ0) is 19.2. The minimum Gasteiger partial charge on any atom is -0.341 e. The molecule has 2 N–H and O–H groups in total. The van der Waals surface area contributed by atoms with Crippen molar-refractivity contribution in [2.75, 3.05) is 26.2 Å². The number of likely N-dealkylation sites (tertiary alicyclic amines) is 1. The number of hydrogen-bond donors (Lipinski definition) is 1. The lowest BCUT2D eigenvalue weighted by molar-refractivity contribution is -0.139. The number of primary sulfonamides is 1. The molecule has 1 fully saturated rings. The molecule has 1 aromatic rings. The lowest BCUT2D eigenvalue weighted by Gasteiger charge is -2.26. The van der Waals surface area contributed by atoms with E-state index in [1.54, 1.807) is 17.0 Å². The Hall–Kier alpha value is -1.93. The summed E-state index contributed by atoms with van der Waals surface area (Å²) in [6.45, 7) is 3.48. The van der Waals surface area contributed by atoms with E-state index in [0.717, 1.165) is 44.3 Å². The van der Waals surface area contributed by atoms with Gasteiger partial charge in [-0.05, 0) is 37.0 Å². The predicted octanol–water partition coefficient (Wildman–Crippen LogP) is 1.13. The van der Waals surface area contributed by atoms with Gasteiger partial charge in [-0.1, -0.05) is 25.0 Å². The van der Waals surface area contributed by atoms with E-state index in [-0.39, 0.29) is 23.3 Å². The maximum Gasteiger partial charge on any atom is 0.242 e. The number of sulfonamides is 1. The van der Waals surface area contributed by atoms with Crippen LogP contribution in [0.1, 0.15) is 38.2 Å². The van der Waals surface area contributed by atoms with Gasteiger partial charge in [0, 0.05) is 26.6 Å². The predicted molar refractivity (Wildman–Crippen MR) is 98.8 cm³/mol. The van der Waals surface area contributed by atoms with Crippen molar-refractivity contribution in [3.63, 3.8) is 0 Å². The Kier molecular flexibility index (Phi) is 7.16. The summed E-state index contributed by atoms with van der Waals surface area (Å²) < 4.78 is 22.6. The number of carbonyl (C=O) groups excluding carboxylic acids is 2. The monoisotopic (exact) mass is 381 g/mol. The molecule has 0 saturated carbocycles. The maximum absolute atomic E-state index is 12.5. The zero-order valence-electron chi connectivity index (χ0n) is 15.2. The van der Waals surface area contributed by atoms with E-state index in [9.17, 15) is 18.0 Å². The molecule has 7 nitrogen and oxygen atoms in total. The standard InChI is InChI=1S/C18H27N3O4S/c1-15(22)21(14-18(23)20-11-4-2-3-5-12-20)13-10-16-6-8-17(9-7-16)26(19,24)25/h6-9H,2-5,10-14H2,1H3,(H2,19,24,25). The van der Waals surface area contributed by atoms with Crippen molar-refractivity contribution in [1.29, 1.82) is 0 Å². The Morgan fingerprint density at radius 2 is 1.65 bits per heavy atom. The van der Waals surface area contributed by atoms with Crippen molar-refractivity contribution in [2.45, 2.75) is 43.9 Å². The third kappa shape index (κ3) is 6.10. The minimum absolute atomic E-state index is 0.00771. The van der Waals surface area contributed by atoms with Crippen LogP contribution in [-0.4, -0.2) is 56.2 Å². The van der Waals surface area contributed by atoms with Crippen LogP contribution in [-0.2, 0) is 26.0 Å². The van der Waals surface area contributed by atoms with Crippen molar-refractivity contribution in [2.24, 2.45) is 5.14 Å². The van der Waals surface area contributed by atoms with E-state index < -0.39 is 10.0 Å². The van der Waals surface area contributed by atoms with Gasteiger partial charge in [-0.3, -0.25) is 9.59 Å². The smallest absolute Gasteiger partial charge is 0.242 e. The van der Waals surface area contributed by atoms with E-state index in [2.05, 4.69) is 0 Å². The molecule has 1 aromatic carbocycles. The molecule has 0 spiro atoms. The van der Waals surface area contributed by atoms with Gasteiger partial charge in [0.25, 0.3) is 0 Å². The minimum atomic E-state index is -3.71. The lowest BCUT2D eigenvalue weighted by atomic mass is 10.1. The number of benzene rings is 1. The van der Waals surface area contributed by atoms with Crippen LogP contribution in [0.3, 0.4) is 0 Å². The Morgan fingerprint density at radius 1 is 1.08 bits per heavy atom. The molecule has 0 radical (unpaired) electrons. The average Bonchev–Trinajstić information content (AvgIpc) is 2.87. The fourth-order valence-corrected chi connectivity index (χ4v) is 3.56. The molecule has 0 unspecified atom stereocenters. The van der Waals surface area contributed by atoms with Crippen molar-refractivity contribution < 1.29 is 18.0 Å². The molecule has 0 aliphatic carbocycles. The topological polar surface area (TPSA) is 101 Å². The van der Waals surface area contributed by atoms with Crippen LogP contribution in [0.4, 0.5) is 0 Å². The van der Waals surface area contributed by atoms with Gasteiger partial charge >= 0.3 is 0 Å². The summed E-state index contributed by atoms with van der Waals surface area (Å²) in [5.41, 5.74) is 0.880. The van der Waals surface area contributed by atoms with E-state index in [4.69, 9.17) is 5.14 Å². The normalized spacial score (nSPS) is 15.4. The van der Waals surface area contributed by atoms with Crippen LogP contribution in [0.2, 0.25) is 0 Å². The molecule has 0 bridgehead atoms. The highest BCUT2D eigenvalue weighted by molar-refractivity contribution is 7.89. The van der Waals surface area contributed by atoms with Crippen LogP contribution in [0, 0.1) is 0 Å². The first-order valence-electron chi connectivity index (χ1n) is 8.92. The molecule has 26 heavy (non-hydrogen) atoms. The molecule has 8 heteroatoms. The highest BCUT2D eigenvalue weighted by atomic mass is 32.2. The number of hydrogen-bond acceptors (Lipinski definition) is 4. The van der Waals surface area contributed by atoms with Crippen LogP contribution < -0.4 is 5.14 Å². The highest BCUT2D eigenvalue weighted by Crippen LogP contribution is 2.12.